The molecule has 1 heterocycles. The van der Waals surface area contributed by atoms with E-state index in [0.29, 0.717) is 5.41 Å². The average molecular weight is 315 g/mol. The molecule has 0 aliphatic heterocycles. The fraction of sp³-hybridized carbons (Fsp3) is 0.692. The highest BCUT2D eigenvalue weighted by Gasteiger charge is 2.32. The molecule has 0 N–H and O–H groups in total. The van der Waals surface area contributed by atoms with Crippen LogP contribution in [0.15, 0.2) is 11.2 Å². The summed E-state index contributed by atoms with van der Waals surface area (Å²) in [5, 5.41) is 2.05. The molecule has 0 aromatic carbocycles. The van der Waals surface area contributed by atoms with Crippen molar-refractivity contribution in [1.82, 2.24) is 9.97 Å². The molecule has 2 rings (SSSR count). The second kappa shape index (κ2) is 5.70. The highest BCUT2D eigenvalue weighted by atomic mass is 79.9. The summed E-state index contributed by atoms with van der Waals surface area (Å²) in [5.74, 6) is 1.14. The normalized spacial score (nSPS) is 18.5. The maximum Gasteiger partial charge on any atom is 0.187 e. The lowest BCUT2D eigenvalue weighted by atomic mass is 9.92. The number of hydrogen-bond acceptors (Lipinski definition) is 3. The molecule has 1 aromatic heterocycles. The summed E-state index contributed by atoms with van der Waals surface area (Å²) >= 11 is 5.50. The van der Waals surface area contributed by atoms with Crippen LogP contribution >= 0.6 is 27.7 Å². The van der Waals surface area contributed by atoms with Gasteiger partial charge in [0.2, 0.25) is 0 Å². The third kappa shape index (κ3) is 3.44. The van der Waals surface area contributed by atoms with E-state index < -0.39 is 0 Å². The summed E-state index contributed by atoms with van der Waals surface area (Å²) in [6, 6.07) is 2.03. The minimum absolute atomic E-state index is 0.478. The number of nitrogens with zero attached hydrogens (tertiary/aromatic N) is 2. The van der Waals surface area contributed by atoms with E-state index in [4.69, 9.17) is 0 Å². The van der Waals surface area contributed by atoms with Gasteiger partial charge in [0.1, 0.15) is 0 Å². The maximum absolute atomic E-state index is 4.50. The van der Waals surface area contributed by atoms with Crippen molar-refractivity contribution in [2.45, 2.75) is 44.7 Å². The first-order valence-electron chi connectivity index (χ1n) is 6.15. The predicted octanol–water partition coefficient (Wildman–Crippen LogP) is 4.14. The van der Waals surface area contributed by atoms with Crippen LogP contribution in [0.3, 0.4) is 0 Å². The fourth-order valence-electron chi connectivity index (χ4n) is 2.42. The van der Waals surface area contributed by atoms with Gasteiger partial charge < -0.3 is 0 Å². The Balaban J connectivity index is 2.01. The molecular weight excluding hydrogens is 296 g/mol. The van der Waals surface area contributed by atoms with E-state index in [1.165, 1.54) is 25.7 Å². The second-order valence-electron chi connectivity index (χ2n) is 5.06. The van der Waals surface area contributed by atoms with E-state index in [0.717, 1.165) is 27.6 Å². The summed E-state index contributed by atoms with van der Waals surface area (Å²) in [5.41, 5.74) is 2.62. The van der Waals surface area contributed by atoms with Crippen LogP contribution in [0.5, 0.6) is 0 Å². The van der Waals surface area contributed by atoms with E-state index in [2.05, 4.69) is 25.9 Å². The second-order valence-corrected chi connectivity index (χ2v) is 6.57. The molecule has 0 radical (unpaired) electrons. The molecule has 2 nitrogen and oxygen atoms in total. The van der Waals surface area contributed by atoms with Crippen molar-refractivity contribution in [3.63, 3.8) is 0 Å². The van der Waals surface area contributed by atoms with Gasteiger partial charge in [-0.15, -0.1) is 0 Å². The van der Waals surface area contributed by atoms with Gasteiger partial charge in [-0.05, 0) is 38.2 Å². The molecule has 0 amide bonds. The molecular formula is C13H19BrN2S. The zero-order valence-electron chi connectivity index (χ0n) is 10.5. The van der Waals surface area contributed by atoms with Gasteiger partial charge >= 0.3 is 0 Å². The lowest BCUT2D eigenvalue weighted by Gasteiger charge is -2.25. The number of thioether (sulfide) groups is 1. The minimum atomic E-state index is 0.478. The first-order valence-corrected chi connectivity index (χ1v) is 8.25. The van der Waals surface area contributed by atoms with Gasteiger partial charge in [-0.2, -0.15) is 0 Å². The van der Waals surface area contributed by atoms with Gasteiger partial charge in [0, 0.05) is 22.5 Å². The van der Waals surface area contributed by atoms with Gasteiger partial charge in [0.25, 0.3) is 0 Å². The molecule has 1 aliphatic rings. The zero-order chi connectivity index (χ0) is 12.3. The number of aromatic nitrogens is 2. The fourth-order valence-corrected chi connectivity index (χ4v) is 4.68. The van der Waals surface area contributed by atoms with Crippen molar-refractivity contribution in [2.75, 3.05) is 11.1 Å². The summed E-state index contributed by atoms with van der Waals surface area (Å²) in [4.78, 5) is 8.99. The predicted molar refractivity (Wildman–Crippen MR) is 76.9 cm³/mol. The number of aryl methyl sites for hydroxylation is 2. The topological polar surface area (TPSA) is 25.8 Å². The van der Waals surface area contributed by atoms with Crippen LogP contribution in [0.25, 0.3) is 0 Å². The van der Waals surface area contributed by atoms with E-state index in [9.17, 15) is 0 Å². The standard InChI is InChI=1S/C13H19BrN2S/c1-10-7-11(2)16-12(15-10)17-9-13(8-14)5-3-4-6-13/h7H,3-6,8-9H2,1-2H3. The Kier molecular flexibility index (Phi) is 4.47. The van der Waals surface area contributed by atoms with Crippen LogP contribution < -0.4 is 0 Å². The molecule has 94 valence electrons. The molecule has 0 saturated heterocycles. The van der Waals surface area contributed by atoms with Gasteiger partial charge in [0.15, 0.2) is 5.16 Å². The highest BCUT2D eigenvalue weighted by molar-refractivity contribution is 9.09. The SMILES string of the molecule is Cc1cc(C)nc(SCC2(CBr)CCCC2)n1. The summed E-state index contributed by atoms with van der Waals surface area (Å²) in [6.45, 7) is 4.07. The quantitative estimate of drug-likeness (QED) is 0.474. The first-order chi connectivity index (χ1) is 8.13. The largest absolute Gasteiger partial charge is 0.228 e. The number of alkyl halides is 1. The zero-order valence-corrected chi connectivity index (χ0v) is 12.9. The lowest BCUT2D eigenvalue weighted by molar-refractivity contribution is 0.405. The van der Waals surface area contributed by atoms with Gasteiger partial charge in [0.05, 0.1) is 0 Å². The molecule has 1 saturated carbocycles. The van der Waals surface area contributed by atoms with Crippen LogP contribution in [0.4, 0.5) is 0 Å². The average Bonchev–Trinajstić information content (AvgIpc) is 2.74. The summed E-state index contributed by atoms with van der Waals surface area (Å²) < 4.78 is 0. The molecule has 1 aliphatic carbocycles. The minimum Gasteiger partial charge on any atom is -0.228 e. The van der Waals surface area contributed by atoms with Crippen molar-refractivity contribution in [3.8, 4) is 0 Å². The van der Waals surface area contributed by atoms with E-state index in [1.807, 2.05) is 31.7 Å². The van der Waals surface area contributed by atoms with E-state index in [-0.39, 0.29) is 0 Å². The Morgan fingerprint density at radius 2 is 1.82 bits per heavy atom. The molecule has 4 heteroatoms. The van der Waals surface area contributed by atoms with Gasteiger partial charge in [-0.1, -0.05) is 40.5 Å². The van der Waals surface area contributed by atoms with Crippen molar-refractivity contribution >= 4 is 27.7 Å². The molecule has 0 spiro atoms. The monoisotopic (exact) mass is 314 g/mol. The third-order valence-corrected chi connectivity index (χ3v) is 5.80. The van der Waals surface area contributed by atoms with Crippen LogP contribution in [0.2, 0.25) is 0 Å². The summed E-state index contributed by atoms with van der Waals surface area (Å²) in [7, 11) is 0. The molecule has 0 unspecified atom stereocenters. The maximum atomic E-state index is 4.50. The lowest BCUT2D eigenvalue weighted by Crippen LogP contribution is -2.21. The van der Waals surface area contributed by atoms with Gasteiger partial charge in [-0.3, -0.25) is 0 Å². The van der Waals surface area contributed by atoms with E-state index in [1.54, 1.807) is 0 Å². The highest BCUT2D eigenvalue weighted by Crippen LogP contribution is 2.42. The molecule has 0 atom stereocenters. The van der Waals surface area contributed by atoms with E-state index >= 15 is 0 Å². The number of halogens is 1. The van der Waals surface area contributed by atoms with Gasteiger partial charge in [-0.25, -0.2) is 9.97 Å². The van der Waals surface area contributed by atoms with Crippen molar-refractivity contribution < 1.29 is 0 Å². The molecule has 17 heavy (non-hydrogen) atoms. The first kappa shape index (κ1) is 13.3. The van der Waals surface area contributed by atoms with Crippen molar-refractivity contribution in [2.24, 2.45) is 5.41 Å². The Hall–Kier alpha value is -0.0900. The van der Waals surface area contributed by atoms with Crippen LogP contribution in [-0.4, -0.2) is 21.1 Å². The number of hydrogen-bond donors (Lipinski definition) is 0. The van der Waals surface area contributed by atoms with Crippen LogP contribution in [0, 0.1) is 19.3 Å². The number of rotatable bonds is 4. The van der Waals surface area contributed by atoms with Crippen LogP contribution in [-0.2, 0) is 0 Å². The van der Waals surface area contributed by atoms with Crippen LogP contribution in [0.1, 0.15) is 37.1 Å². The molecule has 0 bridgehead atoms. The Labute approximate surface area is 116 Å². The Morgan fingerprint density at radius 3 is 2.35 bits per heavy atom. The van der Waals surface area contributed by atoms with Crippen molar-refractivity contribution in [1.29, 1.82) is 0 Å². The van der Waals surface area contributed by atoms with Crippen molar-refractivity contribution in [3.05, 3.63) is 17.5 Å². The molecule has 1 fully saturated rings. The Bertz CT molecular complexity index is 369. The smallest absolute Gasteiger partial charge is 0.187 e. The molecule has 1 aromatic rings. The summed E-state index contributed by atoms with van der Waals surface area (Å²) in [6.07, 6.45) is 5.44. The third-order valence-electron chi connectivity index (χ3n) is 3.42. The Morgan fingerprint density at radius 1 is 1.24 bits per heavy atom.